The molecule has 0 saturated carbocycles. The molecule has 36 heavy (non-hydrogen) atoms. The minimum Gasteiger partial charge on any atom is -0.369 e. The van der Waals surface area contributed by atoms with E-state index in [-0.39, 0.29) is 5.82 Å². The second-order valence-corrected chi connectivity index (χ2v) is 9.29. The fourth-order valence-electron chi connectivity index (χ4n) is 5.06. The second kappa shape index (κ2) is 11.4. The number of hydrogen-bond donors (Lipinski definition) is 0. The van der Waals surface area contributed by atoms with E-state index in [1.807, 2.05) is 26.0 Å². The molecule has 0 spiro atoms. The van der Waals surface area contributed by atoms with Crippen LogP contribution in [-0.4, -0.2) is 13.1 Å². The standard InChI is InChI=1S/C31H31FN2.C2H6/c1-4-23-15-16-33(19-23)31-18-30-28(17-29(31)32)22(3)25(5-2)21-34(30)20-24-11-13-27(14-12-24)26-9-7-6-8-10-26;1-2/h5-14,17-18,21,23H,2-4,15-16,19-20H2,1H3;1-2H3. The summed E-state index contributed by atoms with van der Waals surface area (Å²) in [5, 5.41) is 0. The van der Waals surface area contributed by atoms with Crippen molar-refractivity contribution in [1.82, 2.24) is 0 Å². The zero-order valence-corrected chi connectivity index (χ0v) is 21.8. The topological polar surface area (TPSA) is 6.48 Å². The van der Waals surface area contributed by atoms with Gasteiger partial charge in [0.05, 0.1) is 11.4 Å². The van der Waals surface area contributed by atoms with E-state index in [0.29, 0.717) is 18.2 Å². The predicted octanol–water partition coefficient (Wildman–Crippen LogP) is 8.86. The molecule has 3 heteroatoms. The second-order valence-electron chi connectivity index (χ2n) is 9.29. The summed E-state index contributed by atoms with van der Waals surface area (Å²) in [5.41, 5.74) is 7.87. The van der Waals surface area contributed by atoms with Crippen molar-refractivity contribution >= 4 is 16.9 Å². The Morgan fingerprint density at radius 1 is 0.972 bits per heavy atom. The molecule has 5 rings (SSSR count). The van der Waals surface area contributed by atoms with Crippen LogP contribution in [0.15, 0.2) is 97.7 Å². The largest absolute Gasteiger partial charge is 0.369 e. The molecule has 0 amide bonds. The van der Waals surface area contributed by atoms with E-state index in [2.05, 4.69) is 84.6 Å². The fourth-order valence-corrected chi connectivity index (χ4v) is 5.06. The number of fused-ring (bicyclic) bond motifs is 1. The van der Waals surface area contributed by atoms with Crippen molar-refractivity contribution in [2.45, 2.75) is 40.2 Å². The van der Waals surface area contributed by atoms with Crippen LogP contribution in [0.1, 0.15) is 44.7 Å². The van der Waals surface area contributed by atoms with Gasteiger partial charge in [0.25, 0.3) is 0 Å². The lowest BCUT2D eigenvalue weighted by atomic mass is 9.93. The van der Waals surface area contributed by atoms with Crippen LogP contribution in [-0.2, 0) is 6.54 Å². The molecule has 0 aromatic heterocycles. The van der Waals surface area contributed by atoms with Crippen LogP contribution in [0.4, 0.5) is 15.8 Å². The van der Waals surface area contributed by atoms with Gasteiger partial charge in [-0.15, -0.1) is 0 Å². The van der Waals surface area contributed by atoms with E-state index >= 15 is 4.39 Å². The molecule has 186 valence electrons. The summed E-state index contributed by atoms with van der Waals surface area (Å²) in [7, 11) is 0. The molecule has 2 aliphatic heterocycles. The Kier molecular flexibility index (Phi) is 8.10. The number of benzene rings is 3. The Morgan fingerprint density at radius 2 is 1.67 bits per heavy atom. The van der Waals surface area contributed by atoms with E-state index < -0.39 is 0 Å². The van der Waals surface area contributed by atoms with E-state index in [9.17, 15) is 0 Å². The normalized spacial score (nSPS) is 16.7. The van der Waals surface area contributed by atoms with Gasteiger partial charge in [0, 0.05) is 31.4 Å². The maximum Gasteiger partial charge on any atom is 0.147 e. The molecule has 1 unspecified atom stereocenters. The molecule has 3 aromatic rings. The first-order valence-electron chi connectivity index (χ1n) is 13.1. The summed E-state index contributed by atoms with van der Waals surface area (Å²) in [6, 6.07) is 22.7. The molecule has 0 bridgehead atoms. The van der Waals surface area contributed by atoms with Crippen molar-refractivity contribution in [2.24, 2.45) is 5.92 Å². The molecule has 2 aliphatic rings. The molecule has 1 atom stereocenters. The Labute approximate surface area is 216 Å². The van der Waals surface area contributed by atoms with E-state index in [1.54, 1.807) is 12.1 Å². The molecule has 0 aliphatic carbocycles. The Bertz CT molecular complexity index is 1240. The molecule has 3 aromatic carbocycles. The molecular weight excluding hydrogens is 443 g/mol. The van der Waals surface area contributed by atoms with Gasteiger partial charge in [0.1, 0.15) is 5.82 Å². The lowest BCUT2D eigenvalue weighted by molar-refractivity contribution is 0.567. The van der Waals surface area contributed by atoms with Crippen LogP contribution in [0.25, 0.3) is 16.7 Å². The van der Waals surface area contributed by atoms with E-state index in [1.165, 1.54) is 16.7 Å². The molecule has 2 heterocycles. The van der Waals surface area contributed by atoms with Gasteiger partial charge >= 0.3 is 0 Å². The van der Waals surface area contributed by atoms with Gasteiger partial charge in [-0.3, -0.25) is 0 Å². The van der Waals surface area contributed by atoms with E-state index in [4.69, 9.17) is 0 Å². The van der Waals surface area contributed by atoms with Gasteiger partial charge in [0.15, 0.2) is 0 Å². The highest BCUT2D eigenvalue weighted by molar-refractivity contribution is 5.92. The SMILES string of the molecule is C=CC1=CN(Cc2ccc(-c3ccccc3)cc2)c2cc(N3CCC(CC)C3)c(F)cc2C1=C.CC. The predicted molar refractivity (Wildman–Crippen MR) is 154 cm³/mol. The lowest BCUT2D eigenvalue weighted by Crippen LogP contribution is -2.24. The number of anilines is 2. The summed E-state index contributed by atoms with van der Waals surface area (Å²) in [6.45, 7) is 16.9. The van der Waals surface area contributed by atoms with Gasteiger partial charge in [-0.25, -0.2) is 4.39 Å². The third-order valence-corrected chi connectivity index (χ3v) is 7.18. The Morgan fingerprint density at radius 3 is 2.31 bits per heavy atom. The minimum absolute atomic E-state index is 0.172. The van der Waals surface area contributed by atoms with Crippen molar-refractivity contribution in [2.75, 3.05) is 22.9 Å². The fraction of sp³-hybridized carbons (Fsp3) is 0.273. The number of nitrogens with zero attached hydrogens (tertiary/aromatic N) is 2. The van der Waals surface area contributed by atoms with Crippen LogP contribution < -0.4 is 9.80 Å². The van der Waals surface area contributed by atoms with Gasteiger partial charge in [-0.1, -0.05) is 101 Å². The number of allylic oxidation sites excluding steroid dienone is 3. The number of rotatable bonds is 6. The molecule has 0 radical (unpaired) electrons. The molecule has 1 fully saturated rings. The first-order valence-corrected chi connectivity index (χ1v) is 13.1. The zero-order chi connectivity index (χ0) is 25.7. The molecule has 2 nitrogen and oxygen atoms in total. The molecular formula is C33H37FN2. The summed E-state index contributed by atoms with van der Waals surface area (Å²) in [4.78, 5) is 4.40. The van der Waals surface area contributed by atoms with Crippen LogP contribution >= 0.6 is 0 Å². The summed E-state index contributed by atoms with van der Waals surface area (Å²) in [6.07, 6.45) is 6.15. The molecule has 0 N–H and O–H groups in total. The van der Waals surface area contributed by atoms with Crippen LogP contribution in [0.5, 0.6) is 0 Å². The van der Waals surface area contributed by atoms with Crippen LogP contribution in [0, 0.1) is 11.7 Å². The van der Waals surface area contributed by atoms with Gasteiger partial charge < -0.3 is 9.80 Å². The van der Waals surface area contributed by atoms with E-state index in [0.717, 1.165) is 48.3 Å². The average Bonchev–Trinajstić information content (AvgIpc) is 3.41. The summed E-state index contributed by atoms with van der Waals surface area (Å²) >= 11 is 0. The first-order chi connectivity index (χ1) is 17.6. The first kappa shape index (κ1) is 25.5. The van der Waals surface area contributed by atoms with Crippen molar-refractivity contribution < 1.29 is 4.39 Å². The zero-order valence-electron chi connectivity index (χ0n) is 21.8. The maximum absolute atomic E-state index is 15.3. The smallest absolute Gasteiger partial charge is 0.147 e. The highest BCUT2D eigenvalue weighted by Gasteiger charge is 2.27. The molecule has 1 saturated heterocycles. The highest BCUT2D eigenvalue weighted by Crippen LogP contribution is 2.42. The van der Waals surface area contributed by atoms with Crippen molar-refractivity contribution in [3.8, 4) is 11.1 Å². The Balaban J connectivity index is 0.00000148. The number of halogens is 1. The summed E-state index contributed by atoms with van der Waals surface area (Å²) < 4.78 is 15.3. The van der Waals surface area contributed by atoms with Gasteiger partial charge in [-0.05, 0) is 52.3 Å². The van der Waals surface area contributed by atoms with Gasteiger partial charge in [-0.2, -0.15) is 0 Å². The van der Waals surface area contributed by atoms with Gasteiger partial charge in [0.2, 0.25) is 0 Å². The maximum atomic E-state index is 15.3. The highest BCUT2D eigenvalue weighted by atomic mass is 19.1. The van der Waals surface area contributed by atoms with Crippen molar-refractivity contribution in [3.63, 3.8) is 0 Å². The average molecular weight is 481 g/mol. The van der Waals surface area contributed by atoms with Crippen LogP contribution in [0.2, 0.25) is 0 Å². The minimum atomic E-state index is -0.172. The Hall–Kier alpha value is -3.59. The number of hydrogen-bond acceptors (Lipinski definition) is 2. The monoisotopic (exact) mass is 480 g/mol. The lowest BCUT2D eigenvalue weighted by Gasteiger charge is -2.32. The van der Waals surface area contributed by atoms with Crippen molar-refractivity contribution in [3.05, 3.63) is 115 Å². The third-order valence-electron chi connectivity index (χ3n) is 7.18. The summed E-state index contributed by atoms with van der Waals surface area (Å²) in [5.74, 6) is 0.464. The quantitative estimate of drug-likeness (QED) is 0.348. The van der Waals surface area contributed by atoms with Crippen molar-refractivity contribution in [1.29, 1.82) is 0 Å². The third kappa shape index (κ3) is 5.16. The van der Waals surface area contributed by atoms with Crippen LogP contribution in [0.3, 0.4) is 0 Å².